The quantitative estimate of drug-likeness (QED) is 0.527. The number of Topliss-reactive ketones (excluding diaryl/α,β-unsaturated/α-hetero) is 1. The summed E-state index contributed by atoms with van der Waals surface area (Å²) < 4.78 is 7.17. The maximum atomic E-state index is 13.2. The molecule has 0 saturated carbocycles. The number of ketones is 1. The Labute approximate surface area is 186 Å². The molecule has 2 aromatic carbocycles. The fourth-order valence-corrected chi connectivity index (χ4v) is 5.01. The number of nitrogens with one attached hydrogen (secondary N) is 1. The number of hydrogen-bond acceptors (Lipinski definition) is 4. The molecule has 2 aliphatic heterocycles. The van der Waals surface area contributed by atoms with Crippen molar-refractivity contribution in [3.8, 4) is 5.75 Å². The summed E-state index contributed by atoms with van der Waals surface area (Å²) in [6, 6.07) is 7.28. The van der Waals surface area contributed by atoms with E-state index in [1.165, 1.54) is 0 Å². The number of aromatic nitrogens is 2. The molecular formula is C22H19BrClN3O3. The van der Waals surface area contributed by atoms with Gasteiger partial charge >= 0.3 is 0 Å². The SMILES string of the molecule is Cc1cc2c(cc1Cl)C(=O)CC1(CCN(C(=O)c3cc(Br)cc4cn[nH]c34)CC1)O2. The third-order valence-electron chi connectivity index (χ3n) is 6.08. The molecule has 154 valence electrons. The summed E-state index contributed by atoms with van der Waals surface area (Å²) >= 11 is 9.65. The minimum Gasteiger partial charge on any atom is -0.486 e. The summed E-state index contributed by atoms with van der Waals surface area (Å²) in [5.41, 5.74) is 2.18. The van der Waals surface area contributed by atoms with Crippen LogP contribution in [0.15, 0.2) is 34.9 Å². The first kappa shape index (κ1) is 19.6. The van der Waals surface area contributed by atoms with Crippen molar-refractivity contribution in [3.63, 3.8) is 0 Å². The topological polar surface area (TPSA) is 75.3 Å². The van der Waals surface area contributed by atoms with Crippen molar-refractivity contribution < 1.29 is 14.3 Å². The van der Waals surface area contributed by atoms with Gasteiger partial charge in [0.1, 0.15) is 11.4 Å². The lowest BCUT2D eigenvalue weighted by Gasteiger charge is -2.44. The van der Waals surface area contributed by atoms with Crippen LogP contribution in [0, 0.1) is 6.92 Å². The van der Waals surface area contributed by atoms with Crippen LogP contribution in [0.1, 0.15) is 45.5 Å². The van der Waals surface area contributed by atoms with E-state index in [1.54, 1.807) is 12.3 Å². The Morgan fingerprint density at radius 3 is 2.80 bits per heavy atom. The third kappa shape index (κ3) is 3.20. The maximum Gasteiger partial charge on any atom is 0.256 e. The molecule has 1 aromatic heterocycles. The van der Waals surface area contributed by atoms with Crippen LogP contribution in [0.2, 0.25) is 5.02 Å². The van der Waals surface area contributed by atoms with Gasteiger partial charge in [-0.15, -0.1) is 0 Å². The normalized spacial score (nSPS) is 17.8. The van der Waals surface area contributed by atoms with E-state index in [4.69, 9.17) is 16.3 Å². The summed E-state index contributed by atoms with van der Waals surface area (Å²) in [7, 11) is 0. The second-order valence-corrected chi connectivity index (χ2v) is 9.39. The van der Waals surface area contributed by atoms with Gasteiger partial charge in [-0.2, -0.15) is 5.10 Å². The van der Waals surface area contributed by atoms with Crippen LogP contribution < -0.4 is 4.74 Å². The van der Waals surface area contributed by atoms with Crippen molar-refractivity contribution in [2.45, 2.75) is 31.8 Å². The first-order valence-corrected chi connectivity index (χ1v) is 11.0. The molecule has 1 fully saturated rings. The van der Waals surface area contributed by atoms with Gasteiger partial charge in [-0.1, -0.05) is 27.5 Å². The van der Waals surface area contributed by atoms with Crippen molar-refractivity contribution in [3.05, 3.63) is 56.6 Å². The van der Waals surface area contributed by atoms with Gasteiger partial charge in [-0.3, -0.25) is 14.7 Å². The average molecular weight is 489 g/mol. The molecule has 6 nitrogen and oxygen atoms in total. The summed E-state index contributed by atoms with van der Waals surface area (Å²) in [4.78, 5) is 27.8. The van der Waals surface area contributed by atoms with Crippen LogP contribution in [0.3, 0.4) is 0 Å². The molecule has 1 spiro atoms. The number of fused-ring (bicyclic) bond motifs is 2. The Kier molecular flexibility index (Phi) is 4.63. The lowest BCUT2D eigenvalue weighted by Crippen LogP contribution is -2.52. The van der Waals surface area contributed by atoms with Gasteiger partial charge in [-0.25, -0.2) is 0 Å². The number of halogens is 2. The number of piperidine rings is 1. The first-order valence-electron chi connectivity index (χ1n) is 9.79. The van der Waals surface area contributed by atoms with Crippen molar-refractivity contribution in [1.82, 2.24) is 15.1 Å². The van der Waals surface area contributed by atoms with Gasteiger partial charge in [0.25, 0.3) is 5.91 Å². The lowest BCUT2D eigenvalue weighted by atomic mass is 9.82. The van der Waals surface area contributed by atoms with Crippen molar-refractivity contribution in [2.24, 2.45) is 0 Å². The van der Waals surface area contributed by atoms with Crippen LogP contribution in [0.25, 0.3) is 10.9 Å². The van der Waals surface area contributed by atoms with Gasteiger partial charge in [0.05, 0.1) is 29.3 Å². The van der Waals surface area contributed by atoms with E-state index in [0.29, 0.717) is 54.3 Å². The molecule has 30 heavy (non-hydrogen) atoms. The first-order chi connectivity index (χ1) is 14.3. The van der Waals surface area contributed by atoms with E-state index in [9.17, 15) is 9.59 Å². The second kappa shape index (κ2) is 7.10. The lowest BCUT2D eigenvalue weighted by molar-refractivity contribution is -0.00568. The van der Waals surface area contributed by atoms with Crippen LogP contribution in [0.5, 0.6) is 5.75 Å². The molecule has 8 heteroatoms. The van der Waals surface area contributed by atoms with Gasteiger partial charge in [0.2, 0.25) is 0 Å². The van der Waals surface area contributed by atoms with E-state index in [2.05, 4.69) is 26.1 Å². The molecule has 0 atom stereocenters. The zero-order valence-electron chi connectivity index (χ0n) is 16.3. The van der Waals surface area contributed by atoms with Gasteiger partial charge in [-0.05, 0) is 36.8 Å². The average Bonchev–Trinajstić information content (AvgIpc) is 3.17. The highest BCUT2D eigenvalue weighted by molar-refractivity contribution is 9.10. The number of rotatable bonds is 1. The molecule has 0 radical (unpaired) electrons. The van der Waals surface area contributed by atoms with Gasteiger partial charge < -0.3 is 9.64 Å². The van der Waals surface area contributed by atoms with Gasteiger partial charge in [0, 0.05) is 40.8 Å². The van der Waals surface area contributed by atoms with Gasteiger partial charge in [0.15, 0.2) is 5.78 Å². The maximum absolute atomic E-state index is 13.2. The number of aromatic amines is 1. The molecule has 0 bridgehead atoms. The third-order valence-corrected chi connectivity index (χ3v) is 6.94. The highest BCUT2D eigenvalue weighted by Gasteiger charge is 2.44. The number of H-pyrrole nitrogens is 1. The van der Waals surface area contributed by atoms with Crippen LogP contribution >= 0.6 is 27.5 Å². The van der Waals surface area contributed by atoms with Crippen LogP contribution in [-0.2, 0) is 0 Å². The number of benzene rings is 2. The monoisotopic (exact) mass is 487 g/mol. The number of amides is 1. The van der Waals surface area contributed by atoms with E-state index < -0.39 is 5.60 Å². The Bertz CT molecular complexity index is 1200. The number of carbonyl (C=O) groups is 2. The number of hydrogen-bond donors (Lipinski definition) is 1. The predicted octanol–water partition coefficient (Wildman–Crippen LogP) is 4.93. The molecule has 0 unspecified atom stereocenters. The zero-order chi connectivity index (χ0) is 21.0. The predicted molar refractivity (Wildman–Crippen MR) is 117 cm³/mol. The zero-order valence-corrected chi connectivity index (χ0v) is 18.6. The molecule has 5 rings (SSSR count). The van der Waals surface area contributed by atoms with Crippen molar-refractivity contribution in [1.29, 1.82) is 0 Å². The summed E-state index contributed by atoms with van der Waals surface area (Å²) in [6.07, 6.45) is 3.22. The Hall–Kier alpha value is -2.38. The molecule has 3 aromatic rings. The fourth-order valence-electron chi connectivity index (χ4n) is 4.37. The largest absolute Gasteiger partial charge is 0.486 e. The number of aryl methyl sites for hydroxylation is 1. The highest BCUT2D eigenvalue weighted by atomic mass is 79.9. The number of ether oxygens (including phenoxy) is 1. The molecule has 1 N–H and O–H groups in total. The molecule has 3 heterocycles. The van der Waals surface area contributed by atoms with E-state index in [1.807, 2.05) is 30.0 Å². The summed E-state index contributed by atoms with van der Waals surface area (Å²) in [6.45, 7) is 2.94. The summed E-state index contributed by atoms with van der Waals surface area (Å²) in [5, 5.41) is 8.43. The van der Waals surface area contributed by atoms with E-state index in [-0.39, 0.29) is 11.7 Å². The molecule has 0 aliphatic carbocycles. The molecule has 2 aliphatic rings. The molecule has 1 amide bonds. The highest BCUT2D eigenvalue weighted by Crippen LogP contribution is 2.41. The van der Waals surface area contributed by atoms with Crippen LogP contribution in [-0.4, -0.2) is 45.5 Å². The number of nitrogens with zero attached hydrogens (tertiary/aromatic N) is 2. The smallest absolute Gasteiger partial charge is 0.256 e. The summed E-state index contributed by atoms with van der Waals surface area (Å²) in [5.74, 6) is 0.591. The van der Waals surface area contributed by atoms with E-state index >= 15 is 0 Å². The Morgan fingerprint density at radius 1 is 1.27 bits per heavy atom. The number of likely N-dealkylation sites (tertiary alicyclic amines) is 1. The minimum absolute atomic E-state index is 0.0454. The van der Waals surface area contributed by atoms with Crippen molar-refractivity contribution in [2.75, 3.05) is 13.1 Å². The molecule has 1 saturated heterocycles. The fraction of sp³-hybridized carbons (Fsp3) is 0.318. The number of carbonyl (C=O) groups excluding carboxylic acids is 2. The minimum atomic E-state index is -0.568. The Balaban J connectivity index is 1.37. The second-order valence-electron chi connectivity index (χ2n) is 8.06. The standard InChI is InChI=1S/C22H19BrClN3O3/c1-12-6-19-15(9-17(12)24)18(28)10-22(30-19)2-4-27(5-3-22)21(29)16-8-14(23)7-13-11-25-26-20(13)16/h6-9,11H,2-5,10H2,1H3,(H,25,26). The molecular weight excluding hydrogens is 470 g/mol. The van der Waals surface area contributed by atoms with Crippen molar-refractivity contribution >= 4 is 50.1 Å². The Morgan fingerprint density at radius 2 is 2.03 bits per heavy atom. The van der Waals surface area contributed by atoms with Crippen LogP contribution in [0.4, 0.5) is 0 Å². The van der Waals surface area contributed by atoms with E-state index in [0.717, 1.165) is 20.9 Å².